The van der Waals surface area contributed by atoms with Gasteiger partial charge in [-0.3, -0.25) is 14.9 Å². The molecule has 0 aliphatic rings. The van der Waals surface area contributed by atoms with E-state index in [0.717, 1.165) is 4.90 Å². The number of nitro groups is 1. The Bertz CT molecular complexity index is 506. The van der Waals surface area contributed by atoms with E-state index in [0.29, 0.717) is 19.6 Å². The minimum absolute atomic E-state index is 0.0941. The van der Waals surface area contributed by atoms with Gasteiger partial charge in [-0.1, -0.05) is 0 Å². The number of hydrogen-bond acceptors (Lipinski definition) is 5. The van der Waals surface area contributed by atoms with Crippen molar-refractivity contribution in [2.75, 3.05) is 19.4 Å². The van der Waals surface area contributed by atoms with Crippen molar-refractivity contribution in [3.8, 4) is 0 Å². The Kier molecular flexibility index (Phi) is 7.18. The molecule has 1 rings (SSSR count). The van der Waals surface area contributed by atoms with E-state index >= 15 is 0 Å². The van der Waals surface area contributed by atoms with E-state index in [1.165, 1.54) is 17.8 Å². The van der Waals surface area contributed by atoms with Crippen molar-refractivity contribution in [1.82, 2.24) is 5.32 Å². The zero-order valence-electron chi connectivity index (χ0n) is 12.4. The second kappa shape index (κ2) is 8.63. The lowest BCUT2D eigenvalue weighted by Gasteiger charge is -2.09. The molecule has 0 aromatic heterocycles. The van der Waals surface area contributed by atoms with Crippen molar-refractivity contribution in [3.05, 3.63) is 33.9 Å². The molecule has 0 aliphatic heterocycles. The second-order valence-corrected chi connectivity index (χ2v) is 5.55. The molecule has 116 valence electrons. The molecule has 0 unspecified atom stereocenters. The molecule has 0 saturated heterocycles. The highest BCUT2D eigenvalue weighted by Crippen LogP contribution is 2.24. The van der Waals surface area contributed by atoms with Gasteiger partial charge in [0.15, 0.2) is 0 Å². The van der Waals surface area contributed by atoms with Gasteiger partial charge in [0.1, 0.15) is 5.56 Å². The lowest BCUT2D eigenvalue weighted by Crippen LogP contribution is -2.26. The quantitative estimate of drug-likeness (QED) is 0.345. The van der Waals surface area contributed by atoms with Gasteiger partial charge in [-0.05, 0) is 38.7 Å². The van der Waals surface area contributed by atoms with Gasteiger partial charge in [-0.15, -0.1) is 11.8 Å². The van der Waals surface area contributed by atoms with Crippen LogP contribution in [0.25, 0.3) is 0 Å². The Labute approximate surface area is 128 Å². The van der Waals surface area contributed by atoms with E-state index in [9.17, 15) is 14.9 Å². The molecule has 0 spiro atoms. The topological polar surface area (TPSA) is 81.5 Å². The van der Waals surface area contributed by atoms with Crippen LogP contribution in [0.4, 0.5) is 5.69 Å². The number of benzene rings is 1. The normalized spacial score (nSPS) is 10.7. The standard InChI is InChI=1S/C14H20N2O4S/c1-10(2)20-8-4-7-15-14(17)12-9-11(21-3)5-6-13(12)16(18)19/h5-6,9-10H,4,7-8H2,1-3H3,(H,15,17). The van der Waals surface area contributed by atoms with Gasteiger partial charge in [-0.2, -0.15) is 0 Å². The molecule has 1 aromatic carbocycles. The summed E-state index contributed by atoms with van der Waals surface area (Å²) in [4.78, 5) is 23.3. The second-order valence-electron chi connectivity index (χ2n) is 4.67. The highest BCUT2D eigenvalue weighted by molar-refractivity contribution is 7.98. The van der Waals surface area contributed by atoms with Crippen molar-refractivity contribution >= 4 is 23.4 Å². The average Bonchev–Trinajstić information content (AvgIpc) is 2.45. The van der Waals surface area contributed by atoms with Crippen LogP contribution in [-0.2, 0) is 4.74 Å². The number of amides is 1. The van der Waals surface area contributed by atoms with Crippen LogP contribution in [0.3, 0.4) is 0 Å². The fourth-order valence-electron chi connectivity index (χ4n) is 1.67. The van der Waals surface area contributed by atoms with E-state index < -0.39 is 10.8 Å². The van der Waals surface area contributed by atoms with Crippen molar-refractivity contribution in [2.24, 2.45) is 0 Å². The highest BCUT2D eigenvalue weighted by Gasteiger charge is 2.20. The minimum Gasteiger partial charge on any atom is -0.379 e. The van der Waals surface area contributed by atoms with Gasteiger partial charge in [0.2, 0.25) is 0 Å². The Balaban J connectivity index is 2.65. The first kappa shape index (κ1) is 17.5. The summed E-state index contributed by atoms with van der Waals surface area (Å²) in [5, 5.41) is 13.7. The summed E-state index contributed by atoms with van der Waals surface area (Å²) in [6, 6.07) is 4.54. The third-order valence-corrected chi connectivity index (χ3v) is 3.43. The molecule has 0 bridgehead atoms. The first-order chi connectivity index (χ1) is 9.95. The van der Waals surface area contributed by atoms with E-state index in [2.05, 4.69) is 5.32 Å². The van der Waals surface area contributed by atoms with Crippen LogP contribution >= 0.6 is 11.8 Å². The Morgan fingerprint density at radius 1 is 1.48 bits per heavy atom. The molecule has 0 radical (unpaired) electrons. The van der Waals surface area contributed by atoms with E-state index in [4.69, 9.17) is 4.74 Å². The van der Waals surface area contributed by atoms with E-state index in [1.807, 2.05) is 20.1 Å². The maximum absolute atomic E-state index is 12.1. The van der Waals surface area contributed by atoms with E-state index in [1.54, 1.807) is 12.1 Å². The fourth-order valence-corrected chi connectivity index (χ4v) is 2.11. The molecule has 0 fully saturated rings. The SMILES string of the molecule is CSc1ccc([N+](=O)[O-])c(C(=O)NCCCOC(C)C)c1. The molecule has 21 heavy (non-hydrogen) atoms. The first-order valence-corrected chi connectivity index (χ1v) is 7.90. The number of nitrogens with zero attached hydrogens (tertiary/aromatic N) is 1. The van der Waals surface area contributed by atoms with Crippen molar-refractivity contribution in [2.45, 2.75) is 31.3 Å². The summed E-state index contributed by atoms with van der Waals surface area (Å²) in [6.45, 7) is 4.85. The molecule has 7 heteroatoms. The number of nitrogens with one attached hydrogen (secondary N) is 1. The number of ether oxygens (including phenoxy) is 1. The zero-order valence-corrected chi connectivity index (χ0v) is 13.2. The van der Waals surface area contributed by atoms with Gasteiger partial charge in [0.05, 0.1) is 11.0 Å². The minimum atomic E-state index is -0.541. The number of hydrogen-bond donors (Lipinski definition) is 1. The van der Waals surface area contributed by atoms with Crippen LogP contribution in [0.5, 0.6) is 0 Å². The monoisotopic (exact) mass is 312 g/mol. The summed E-state index contributed by atoms with van der Waals surface area (Å²) in [5.41, 5.74) is -0.0830. The highest BCUT2D eigenvalue weighted by atomic mass is 32.2. The van der Waals surface area contributed by atoms with Crippen LogP contribution in [0.1, 0.15) is 30.6 Å². The summed E-state index contributed by atoms with van der Waals surface area (Å²) >= 11 is 1.43. The number of carbonyl (C=O) groups excluding carboxylic acids is 1. The third-order valence-electron chi connectivity index (χ3n) is 2.70. The number of nitro benzene ring substituents is 1. The molecule has 1 N–H and O–H groups in total. The fraction of sp³-hybridized carbons (Fsp3) is 0.500. The van der Waals surface area contributed by atoms with Gasteiger partial charge in [-0.25, -0.2) is 0 Å². The Morgan fingerprint density at radius 3 is 2.76 bits per heavy atom. The van der Waals surface area contributed by atoms with Crippen molar-refractivity contribution < 1.29 is 14.5 Å². The molecular formula is C14H20N2O4S. The number of rotatable bonds is 8. The Hall–Kier alpha value is -1.60. The number of carbonyl (C=O) groups is 1. The van der Waals surface area contributed by atoms with Crippen LogP contribution in [-0.4, -0.2) is 36.3 Å². The van der Waals surface area contributed by atoms with Crippen LogP contribution in [0, 0.1) is 10.1 Å². The van der Waals surface area contributed by atoms with Gasteiger partial charge < -0.3 is 10.1 Å². The smallest absolute Gasteiger partial charge is 0.282 e. The molecule has 0 saturated carbocycles. The average molecular weight is 312 g/mol. The molecule has 1 amide bonds. The maximum atomic E-state index is 12.1. The lowest BCUT2D eigenvalue weighted by molar-refractivity contribution is -0.385. The van der Waals surface area contributed by atoms with Crippen molar-refractivity contribution in [3.63, 3.8) is 0 Å². The molecule has 1 aromatic rings. The van der Waals surface area contributed by atoms with Gasteiger partial charge in [0.25, 0.3) is 11.6 Å². The lowest BCUT2D eigenvalue weighted by atomic mass is 10.1. The zero-order chi connectivity index (χ0) is 15.8. The maximum Gasteiger partial charge on any atom is 0.282 e. The molecular weight excluding hydrogens is 292 g/mol. The molecule has 0 atom stereocenters. The summed E-state index contributed by atoms with van der Waals surface area (Å²) in [6.07, 6.45) is 2.67. The van der Waals surface area contributed by atoms with Gasteiger partial charge >= 0.3 is 0 Å². The van der Waals surface area contributed by atoms with Crippen LogP contribution in [0.2, 0.25) is 0 Å². The molecule has 0 heterocycles. The predicted molar refractivity (Wildman–Crippen MR) is 82.9 cm³/mol. The van der Waals surface area contributed by atoms with Gasteiger partial charge in [0, 0.05) is 24.1 Å². The van der Waals surface area contributed by atoms with E-state index in [-0.39, 0.29) is 17.4 Å². The van der Waals surface area contributed by atoms with Crippen LogP contribution < -0.4 is 5.32 Å². The predicted octanol–water partition coefficient (Wildman–Crippen LogP) is 2.86. The number of thioether (sulfide) groups is 1. The molecule has 6 nitrogen and oxygen atoms in total. The van der Waals surface area contributed by atoms with Crippen molar-refractivity contribution in [1.29, 1.82) is 0 Å². The van der Waals surface area contributed by atoms with Crippen LogP contribution in [0.15, 0.2) is 23.1 Å². The first-order valence-electron chi connectivity index (χ1n) is 6.68. The third kappa shape index (κ3) is 5.73. The summed E-state index contributed by atoms with van der Waals surface area (Å²) in [5.74, 6) is -0.429. The summed E-state index contributed by atoms with van der Waals surface area (Å²) in [7, 11) is 0. The summed E-state index contributed by atoms with van der Waals surface area (Å²) < 4.78 is 5.36. The molecule has 0 aliphatic carbocycles. The Morgan fingerprint density at radius 2 is 2.19 bits per heavy atom. The largest absolute Gasteiger partial charge is 0.379 e.